The van der Waals surface area contributed by atoms with E-state index in [2.05, 4.69) is 24.5 Å². The molecule has 0 atom stereocenters. The van der Waals surface area contributed by atoms with E-state index in [0.29, 0.717) is 12.1 Å². The molecule has 144 valence electrons. The molecule has 1 aromatic rings. The Morgan fingerprint density at radius 3 is 2.80 bits per heavy atom. The maximum Gasteiger partial charge on any atom is 0.191 e. The summed E-state index contributed by atoms with van der Waals surface area (Å²) < 4.78 is 11.0. The highest BCUT2D eigenvalue weighted by Gasteiger charge is 2.15. The molecule has 0 bridgehead atoms. The molecule has 0 radical (unpaired) electrons. The number of halogens is 1. The smallest absolute Gasteiger partial charge is 0.191 e. The topological polar surface area (TPSA) is 58.8 Å². The normalized spacial score (nSPS) is 15.4. The van der Waals surface area contributed by atoms with Crippen molar-refractivity contribution in [2.24, 2.45) is 4.99 Å². The number of nitrogens with one attached hydrogen (secondary N) is 2. The summed E-state index contributed by atoms with van der Waals surface area (Å²) in [4.78, 5) is 4.73. The second-order valence-electron chi connectivity index (χ2n) is 6.74. The Balaban J connectivity index is 0.00000312. The molecule has 0 spiro atoms. The Labute approximate surface area is 169 Å². The fourth-order valence-electron chi connectivity index (χ4n) is 2.90. The van der Waals surface area contributed by atoms with Crippen molar-refractivity contribution in [3.8, 4) is 0 Å². The zero-order valence-corrected chi connectivity index (χ0v) is 18.0. The molecular formula is C19H34IN3O2. The summed E-state index contributed by atoms with van der Waals surface area (Å²) in [5.74, 6) is 1.95. The summed E-state index contributed by atoms with van der Waals surface area (Å²) in [7, 11) is 0. The molecule has 1 aliphatic carbocycles. The van der Waals surface area contributed by atoms with E-state index in [9.17, 15) is 0 Å². The van der Waals surface area contributed by atoms with Gasteiger partial charge >= 0.3 is 0 Å². The van der Waals surface area contributed by atoms with Crippen LogP contribution < -0.4 is 10.6 Å². The molecule has 0 aromatic carbocycles. The highest BCUT2D eigenvalue weighted by molar-refractivity contribution is 14.0. The van der Waals surface area contributed by atoms with Gasteiger partial charge in [-0.1, -0.05) is 12.8 Å². The van der Waals surface area contributed by atoms with Gasteiger partial charge in [0.15, 0.2) is 5.96 Å². The van der Waals surface area contributed by atoms with Crippen molar-refractivity contribution in [2.75, 3.05) is 19.7 Å². The molecule has 6 heteroatoms. The van der Waals surface area contributed by atoms with Crippen LogP contribution in [0.1, 0.15) is 58.1 Å². The third-order valence-electron chi connectivity index (χ3n) is 4.21. The lowest BCUT2D eigenvalue weighted by Gasteiger charge is -2.17. The van der Waals surface area contributed by atoms with Crippen molar-refractivity contribution in [3.63, 3.8) is 0 Å². The van der Waals surface area contributed by atoms with Gasteiger partial charge in [0.05, 0.1) is 12.4 Å². The Morgan fingerprint density at radius 1 is 1.32 bits per heavy atom. The average molecular weight is 463 g/mol. The lowest BCUT2D eigenvalue weighted by atomic mass is 10.2. The van der Waals surface area contributed by atoms with E-state index in [4.69, 9.17) is 14.1 Å². The SMILES string of the molecule is CC(C)OCCCCN=C(NCCc1ccco1)NC1CCCC1.I. The van der Waals surface area contributed by atoms with Gasteiger partial charge < -0.3 is 19.8 Å². The number of nitrogens with zero attached hydrogens (tertiary/aromatic N) is 1. The van der Waals surface area contributed by atoms with Crippen molar-refractivity contribution < 1.29 is 9.15 Å². The molecule has 2 rings (SSSR count). The molecule has 5 nitrogen and oxygen atoms in total. The predicted molar refractivity (Wildman–Crippen MR) is 114 cm³/mol. The van der Waals surface area contributed by atoms with Crippen LogP contribution in [0.3, 0.4) is 0 Å². The molecular weight excluding hydrogens is 429 g/mol. The average Bonchev–Trinajstić information content (AvgIpc) is 3.23. The molecule has 1 aliphatic rings. The summed E-state index contributed by atoms with van der Waals surface area (Å²) in [6.07, 6.45) is 10.2. The fraction of sp³-hybridized carbons (Fsp3) is 0.737. The lowest BCUT2D eigenvalue weighted by Crippen LogP contribution is -2.43. The van der Waals surface area contributed by atoms with Gasteiger partial charge in [-0.3, -0.25) is 4.99 Å². The molecule has 0 saturated heterocycles. The van der Waals surface area contributed by atoms with E-state index in [1.165, 1.54) is 25.7 Å². The van der Waals surface area contributed by atoms with Crippen LogP contribution in [0.2, 0.25) is 0 Å². The number of rotatable bonds is 10. The highest BCUT2D eigenvalue weighted by Crippen LogP contribution is 2.17. The summed E-state index contributed by atoms with van der Waals surface area (Å²) in [6, 6.07) is 4.52. The van der Waals surface area contributed by atoms with Crippen LogP contribution in [0.5, 0.6) is 0 Å². The minimum atomic E-state index is 0. The first-order valence-corrected chi connectivity index (χ1v) is 9.43. The third kappa shape index (κ3) is 10.1. The summed E-state index contributed by atoms with van der Waals surface area (Å²) in [5.41, 5.74) is 0. The monoisotopic (exact) mass is 463 g/mol. The molecule has 1 fully saturated rings. The Morgan fingerprint density at radius 2 is 2.12 bits per heavy atom. The van der Waals surface area contributed by atoms with Gasteiger partial charge in [-0.15, -0.1) is 24.0 Å². The zero-order chi connectivity index (χ0) is 17.0. The number of aliphatic imine (C=N–C) groups is 1. The molecule has 0 unspecified atom stereocenters. The minimum absolute atomic E-state index is 0. The second kappa shape index (κ2) is 13.4. The molecule has 1 aromatic heterocycles. The number of guanidine groups is 1. The van der Waals surface area contributed by atoms with Crippen molar-refractivity contribution in [1.82, 2.24) is 10.6 Å². The summed E-state index contributed by atoms with van der Waals surface area (Å²) >= 11 is 0. The van der Waals surface area contributed by atoms with Gasteiger partial charge in [0, 0.05) is 32.2 Å². The first-order chi connectivity index (χ1) is 11.7. The highest BCUT2D eigenvalue weighted by atomic mass is 127. The lowest BCUT2D eigenvalue weighted by molar-refractivity contribution is 0.0763. The Kier molecular flexibility index (Phi) is 12.0. The van der Waals surface area contributed by atoms with E-state index < -0.39 is 0 Å². The van der Waals surface area contributed by atoms with E-state index in [1.54, 1.807) is 6.26 Å². The standard InChI is InChI=1S/C19H33N3O2.HI/c1-16(2)23-14-6-5-12-20-19(22-17-8-3-4-9-17)21-13-11-18-10-7-15-24-18;/h7,10,15-17H,3-6,8-9,11-14H2,1-2H3,(H2,20,21,22);1H. The van der Waals surface area contributed by atoms with Crippen LogP contribution in [-0.4, -0.2) is 37.8 Å². The van der Waals surface area contributed by atoms with Crippen molar-refractivity contribution in [1.29, 1.82) is 0 Å². The van der Waals surface area contributed by atoms with Gasteiger partial charge in [-0.25, -0.2) is 0 Å². The predicted octanol–water partition coefficient (Wildman–Crippen LogP) is 4.12. The Bertz CT molecular complexity index is 457. The van der Waals surface area contributed by atoms with E-state index >= 15 is 0 Å². The van der Waals surface area contributed by atoms with Crippen LogP contribution in [0.15, 0.2) is 27.8 Å². The fourth-order valence-corrected chi connectivity index (χ4v) is 2.90. The summed E-state index contributed by atoms with van der Waals surface area (Å²) in [5, 5.41) is 7.02. The van der Waals surface area contributed by atoms with Crippen LogP contribution in [0.4, 0.5) is 0 Å². The van der Waals surface area contributed by atoms with E-state index in [0.717, 1.165) is 50.7 Å². The van der Waals surface area contributed by atoms with Gasteiger partial charge in [0.25, 0.3) is 0 Å². The minimum Gasteiger partial charge on any atom is -0.469 e. The maximum absolute atomic E-state index is 5.57. The van der Waals surface area contributed by atoms with E-state index in [-0.39, 0.29) is 24.0 Å². The van der Waals surface area contributed by atoms with Gasteiger partial charge in [0.1, 0.15) is 5.76 Å². The van der Waals surface area contributed by atoms with Gasteiger partial charge in [-0.2, -0.15) is 0 Å². The number of hydrogen-bond acceptors (Lipinski definition) is 3. The van der Waals surface area contributed by atoms with Gasteiger partial charge in [-0.05, 0) is 51.7 Å². The van der Waals surface area contributed by atoms with Gasteiger partial charge in [0.2, 0.25) is 0 Å². The number of unbranched alkanes of at least 4 members (excludes halogenated alkanes) is 1. The van der Waals surface area contributed by atoms with E-state index in [1.807, 2.05) is 12.1 Å². The third-order valence-corrected chi connectivity index (χ3v) is 4.21. The van der Waals surface area contributed by atoms with Crippen molar-refractivity contribution >= 4 is 29.9 Å². The number of furan rings is 1. The number of hydrogen-bond donors (Lipinski definition) is 2. The molecule has 1 saturated carbocycles. The maximum atomic E-state index is 5.57. The molecule has 2 N–H and O–H groups in total. The molecule has 0 aliphatic heterocycles. The zero-order valence-electron chi connectivity index (χ0n) is 15.6. The van der Waals surface area contributed by atoms with Crippen molar-refractivity contribution in [2.45, 2.75) is 70.9 Å². The Hall–Kier alpha value is -0.760. The van der Waals surface area contributed by atoms with Crippen LogP contribution >= 0.6 is 24.0 Å². The largest absolute Gasteiger partial charge is 0.469 e. The van der Waals surface area contributed by atoms with Crippen molar-refractivity contribution in [3.05, 3.63) is 24.2 Å². The van der Waals surface area contributed by atoms with Crippen LogP contribution in [0, 0.1) is 0 Å². The summed E-state index contributed by atoms with van der Waals surface area (Å²) in [6.45, 7) is 6.65. The molecule has 0 amide bonds. The van der Waals surface area contributed by atoms with Crippen LogP contribution in [0.25, 0.3) is 0 Å². The number of ether oxygens (including phenoxy) is 1. The van der Waals surface area contributed by atoms with Crippen LogP contribution in [-0.2, 0) is 11.2 Å². The quantitative estimate of drug-likeness (QED) is 0.237. The second-order valence-corrected chi connectivity index (χ2v) is 6.74. The molecule has 25 heavy (non-hydrogen) atoms. The molecule has 1 heterocycles. The first-order valence-electron chi connectivity index (χ1n) is 9.43. The first kappa shape index (κ1) is 22.3.